The number of amides is 2. The smallest absolute Gasteiger partial charge is 0.341 e. The van der Waals surface area contributed by atoms with Gasteiger partial charge in [-0.05, 0) is 35.2 Å². The molecule has 1 N–H and O–H groups in total. The molecule has 2 amide bonds. The van der Waals surface area contributed by atoms with Crippen molar-refractivity contribution in [3.63, 3.8) is 0 Å². The Labute approximate surface area is 184 Å². The number of hydrogen-bond acceptors (Lipinski definition) is 5. The highest BCUT2D eigenvalue weighted by Crippen LogP contribution is 2.37. The van der Waals surface area contributed by atoms with Gasteiger partial charge in [-0.1, -0.05) is 42.5 Å². The van der Waals surface area contributed by atoms with Gasteiger partial charge in [0.2, 0.25) is 11.8 Å². The minimum atomic E-state index is -0.433. The van der Waals surface area contributed by atoms with Crippen LogP contribution in [0.4, 0.5) is 5.00 Å². The molecule has 0 atom stereocenters. The lowest BCUT2D eigenvalue weighted by molar-refractivity contribution is -0.129. The number of ether oxygens (including phenoxy) is 1. The summed E-state index contributed by atoms with van der Waals surface area (Å²) in [5, 5.41) is 5.62. The predicted octanol–water partition coefficient (Wildman–Crippen LogP) is 4.16. The Morgan fingerprint density at radius 3 is 2.65 bits per heavy atom. The maximum atomic E-state index is 12.8. The van der Waals surface area contributed by atoms with Crippen molar-refractivity contribution in [3.8, 4) is 0 Å². The molecule has 1 aromatic heterocycles. The van der Waals surface area contributed by atoms with Gasteiger partial charge in [0.1, 0.15) is 5.00 Å². The summed E-state index contributed by atoms with van der Waals surface area (Å²) in [5.74, 6) is -0.626. The van der Waals surface area contributed by atoms with Crippen LogP contribution in [0.1, 0.15) is 40.2 Å². The highest BCUT2D eigenvalue weighted by molar-refractivity contribution is 7.17. The summed E-state index contributed by atoms with van der Waals surface area (Å²) in [7, 11) is 0. The lowest BCUT2D eigenvalue weighted by Gasteiger charge is -2.25. The van der Waals surface area contributed by atoms with Gasteiger partial charge in [0.15, 0.2) is 0 Å². The van der Waals surface area contributed by atoms with Gasteiger partial charge in [-0.3, -0.25) is 9.59 Å². The summed E-state index contributed by atoms with van der Waals surface area (Å²) in [6, 6.07) is 14.0. The second-order valence-electron chi connectivity index (χ2n) is 7.53. The van der Waals surface area contributed by atoms with Crippen LogP contribution in [0.15, 0.2) is 42.5 Å². The van der Waals surface area contributed by atoms with E-state index in [1.54, 1.807) is 11.8 Å². The zero-order valence-corrected chi connectivity index (χ0v) is 18.4. The van der Waals surface area contributed by atoms with E-state index in [0.717, 1.165) is 26.8 Å². The Kier molecular flexibility index (Phi) is 6.04. The number of benzene rings is 2. The van der Waals surface area contributed by atoms with E-state index in [-0.39, 0.29) is 24.8 Å². The average molecular weight is 437 g/mol. The van der Waals surface area contributed by atoms with E-state index in [1.165, 1.54) is 18.3 Å². The van der Waals surface area contributed by atoms with Gasteiger partial charge in [0.25, 0.3) is 0 Å². The topological polar surface area (TPSA) is 75.7 Å². The third kappa shape index (κ3) is 4.46. The third-order valence-corrected chi connectivity index (χ3v) is 6.55. The minimum Gasteiger partial charge on any atom is -0.462 e. The summed E-state index contributed by atoms with van der Waals surface area (Å²) in [4.78, 5) is 39.9. The number of anilines is 1. The number of rotatable bonds is 5. The van der Waals surface area contributed by atoms with Gasteiger partial charge in [-0.25, -0.2) is 4.79 Å². The molecule has 0 spiro atoms. The summed E-state index contributed by atoms with van der Waals surface area (Å²) in [5.41, 5.74) is 2.21. The van der Waals surface area contributed by atoms with Crippen LogP contribution in [0.25, 0.3) is 10.8 Å². The summed E-state index contributed by atoms with van der Waals surface area (Å²) in [6.45, 7) is 4.55. The van der Waals surface area contributed by atoms with E-state index in [0.29, 0.717) is 30.1 Å². The molecule has 0 unspecified atom stereocenters. The van der Waals surface area contributed by atoms with Crippen LogP contribution in [0.5, 0.6) is 0 Å². The number of carbonyl (C=O) groups excluding carboxylic acids is 3. The number of nitrogens with zero attached hydrogens (tertiary/aromatic N) is 1. The lowest BCUT2D eigenvalue weighted by Crippen LogP contribution is -2.34. The highest BCUT2D eigenvalue weighted by Gasteiger charge is 2.30. The molecule has 0 saturated carbocycles. The SMILES string of the molecule is CCOC(=O)c1c(NC(=O)Cc2ccc3ccccc3c2)sc2c1CCN(C(C)=O)C2. The monoisotopic (exact) mass is 436 g/mol. The van der Waals surface area contributed by atoms with Crippen molar-refractivity contribution in [2.75, 3.05) is 18.5 Å². The molecule has 0 saturated heterocycles. The molecule has 6 nitrogen and oxygen atoms in total. The number of hydrogen-bond donors (Lipinski definition) is 1. The quantitative estimate of drug-likeness (QED) is 0.610. The maximum absolute atomic E-state index is 12.8. The van der Waals surface area contributed by atoms with Crippen LogP contribution in [0.3, 0.4) is 0 Å². The number of carbonyl (C=O) groups is 3. The van der Waals surface area contributed by atoms with Crippen LogP contribution in [0, 0.1) is 0 Å². The van der Waals surface area contributed by atoms with Crippen molar-refractivity contribution in [1.82, 2.24) is 4.90 Å². The fourth-order valence-corrected chi connectivity index (χ4v) is 5.15. The molecule has 1 aliphatic rings. The normalized spacial score (nSPS) is 13.0. The van der Waals surface area contributed by atoms with Crippen LogP contribution < -0.4 is 5.32 Å². The molecule has 0 aliphatic carbocycles. The van der Waals surface area contributed by atoms with E-state index in [9.17, 15) is 14.4 Å². The first-order valence-corrected chi connectivity index (χ1v) is 11.1. The second-order valence-corrected chi connectivity index (χ2v) is 8.63. The zero-order valence-electron chi connectivity index (χ0n) is 17.6. The first kappa shape index (κ1) is 21.1. The van der Waals surface area contributed by atoms with Gasteiger partial charge in [0, 0.05) is 18.3 Å². The van der Waals surface area contributed by atoms with Crippen LogP contribution >= 0.6 is 11.3 Å². The van der Waals surface area contributed by atoms with Crippen molar-refractivity contribution < 1.29 is 19.1 Å². The highest BCUT2D eigenvalue weighted by atomic mass is 32.1. The molecular weight excluding hydrogens is 412 g/mol. The average Bonchev–Trinajstić information content (AvgIpc) is 3.10. The zero-order chi connectivity index (χ0) is 22.0. The van der Waals surface area contributed by atoms with E-state index in [2.05, 4.69) is 5.32 Å². The first-order valence-electron chi connectivity index (χ1n) is 10.3. The molecule has 4 rings (SSSR count). The Bertz CT molecular complexity index is 1170. The molecule has 3 aromatic rings. The number of nitrogens with one attached hydrogen (secondary N) is 1. The van der Waals surface area contributed by atoms with Crippen LogP contribution in [-0.2, 0) is 33.7 Å². The molecule has 7 heteroatoms. The number of thiophene rings is 1. The van der Waals surface area contributed by atoms with Gasteiger partial charge < -0.3 is 15.0 Å². The van der Waals surface area contributed by atoms with Crippen molar-refractivity contribution in [1.29, 1.82) is 0 Å². The third-order valence-electron chi connectivity index (χ3n) is 5.41. The molecule has 160 valence electrons. The summed E-state index contributed by atoms with van der Waals surface area (Å²) >= 11 is 1.35. The van der Waals surface area contributed by atoms with Crippen molar-refractivity contribution in [2.24, 2.45) is 0 Å². The number of fused-ring (bicyclic) bond motifs is 2. The first-order chi connectivity index (χ1) is 15.0. The second kappa shape index (κ2) is 8.89. The standard InChI is InChI=1S/C24H24N2O4S/c1-3-30-24(29)22-19-10-11-26(15(2)27)14-20(19)31-23(22)25-21(28)13-16-8-9-17-6-4-5-7-18(17)12-16/h4-9,12H,3,10-11,13-14H2,1-2H3,(H,25,28). The van der Waals surface area contributed by atoms with E-state index < -0.39 is 5.97 Å². The van der Waals surface area contributed by atoms with Crippen molar-refractivity contribution in [3.05, 3.63) is 64.0 Å². The summed E-state index contributed by atoms with van der Waals surface area (Å²) < 4.78 is 5.25. The molecule has 0 radical (unpaired) electrons. The van der Waals surface area contributed by atoms with E-state index >= 15 is 0 Å². The molecule has 31 heavy (non-hydrogen) atoms. The Balaban J connectivity index is 1.58. The van der Waals surface area contributed by atoms with Crippen LogP contribution in [-0.4, -0.2) is 35.8 Å². The molecule has 2 heterocycles. The molecule has 1 aliphatic heterocycles. The maximum Gasteiger partial charge on any atom is 0.341 e. The molecule has 0 bridgehead atoms. The fraction of sp³-hybridized carbons (Fsp3) is 0.292. The van der Waals surface area contributed by atoms with Gasteiger partial charge in [0.05, 0.1) is 25.1 Å². The van der Waals surface area contributed by atoms with E-state index in [4.69, 9.17) is 4.74 Å². The lowest BCUT2D eigenvalue weighted by atomic mass is 10.0. The predicted molar refractivity (Wildman–Crippen MR) is 121 cm³/mol. The van der Waals surface area contributed by atoms with Crippen molar-refractivity contribution in [2.45, 2.75) is 33.2 Å². The summed E-state index contributed by atoms with van der Waals surface area (Å²) in [6.07, 6.45) is 0.773. The van der Waals surface area contributed by atoms with Crippen LogP contribution in [0.2, 0.25) is 0 Å². The van der Waals surface area contributed by atoms with Gasteiger partial charge in [-0.2, -0.15) is 0 Å². The van der Waals surface area contributed by atoms with Crippen molar-refractivity contribution >= 4 is 44.9 Å². The molecular formula is C24H24N2O4S. The number of esters is 1. The van der Waals surface area contributed by atoms with E-state index in [1.807, 2.05) is 42.5 Å². The largest absolute Gasteiger partial charge is 0.462 e. The Morgan fingerprint density at radius 1 is 1.13 bits per heavy atom. The molecule has 2 aromatic carbocycles. The fourth-order valence-electron chi connectivity index (χ4n) is 3.88. The Morgan fingerprint density at radius 2 is 1.90 bits per heavy atom. The Hall–Kier alpha value is -3.19. The van der Waals surface area contributed by atoms with Gasteiger partial charge in [-0.15, -0.1) is 11.3 Å². The van der Waals surface area contributed by atoms with Gasteiger partial charge >= 0.3 is 5.97 Å². The molecule has 0 fully saturated rings. The minimum absolute atomic E-state index is 0.00127.